The number of benzene rings is 4. The van der Waals surface area contributed by atoms with E-state index < -0.39 is 10.1 Å². The molecule has 2 N–H and O–H groups in total. The van der Waals surface area contributed by atoms with Crippen LogP contribution in [0, 0.1) is 6.92 Å². The van der Waals surface area contributed by atoms with E-state index in [1.165, 1.54) is 6.07 Å². The molecule has 0 aromatic heterocycles. The van der Waals surface area contributed by atoms with E-state index in [1.807, 2.05) is 60.7 Å². The monoisotopic (exact) mass is 430 g/mol. The molecular formula is C25H22N2O3S. The molecule has 0 saturated carbocycles. The van der Waals surface area contributed by atoms with E-state index in [2.05, 4.69) is 10.6 Å². The first-order chi connectivity index (χ1) is 15.0. The summed E-state index contributed by atoms with van der Waals surface area (Å²) in [6, 6.07) is 31.4. The van der Waals surface area contributed by atoms with Gasteiger partial charge in [0.25, 0.3) is 0 Å². The van der Waals surface area contributed by atoms with Gasteiger partial charge in [-0.25, -0.2) is 0 Å². The second-order valence-corrected chi connectivity index (χ2v) is 8.54. The smallest absolute Gasteiger partial charge is 0.339 e. The Morgan fingerprint density at radius 3 is 1.84 bits per heavy atom. The summed E-state index contributed by atoms with van der Waals surface area (Å²) in [5.74, 6) is 0.246. The highest BCUT2D eigenvalue weighted by molar-refractivity contribution is 7.87. The van der Waals surface area contributed by atoms with Crippen molar-refractivity contribution in [2.24, 2.45) is 0 Å². The molecule has 0 amide bonds. The highest BCUT2D eigenvalue weighted by Gasteiger charge is 2.18. The maximum absolute atomic E-state index is 12.6. The van der Waals surface area contributed by atoms with Crippen molar-refractivity contribution >= 4 is 32.9 Å². The van der Waals surface area contributed by atoms with Crippen LogP contribution in [0.15, 0.2) is 108 Å². The topological polar surface area (TPSA) is 67.4 Å². The quantitative estimate of drug-likeness (QED) is 0.339. The second-order valence-electron chi connectivity index (χ2n) is 7.02. The van der Waals surface area contributed by atoms with E-state index in [4.69, 9.17) is 4.18 Å². The number of anilines is 4. The van der Waals surface area contributed by atoms with Gasteiger partial charge >= 0.3 is 10.1 Å². The molecule has 0 saturated heterocycles. The molecule has 0 aliphatic rings. The zero-order valence-corrected chi connectivity index (χ0v) is 17.8. The first kappa shape index (κ1) is 20.5. The van der Waals surface area contributed by atoms with Crippen LogP contribution in [-0.2, 0) is 10.1 Å². The molecule has 4 aromatic rings. The minimum atomic E-state index is -3.91. The van der Waals surface area contributed by atoms with Crippen LogP contribution in [0.3, 0.4) is 0 Å². The summed E-state index contributed by atoms with van der Waals surface area (Å²) < 4.78 is 30.6. The van der Waals surface area contributed by atoms with E-state index in [0.29, 0.717) is 5.56 Å². The lowest BCUT2D eigenvalue weighted by Crippen LogP contribution is -2.11. The van der Waals surface area contributed by atoms with Crippen molar-refractivity contribution in [1.82, 2.24) is 0 Å². The lowest BCUT2D eigenvalue weighted by molar-refractivity contribution is 0.485. The van der Waals surface area contributed by atoms with E-state index in [9.17, 15) is 8.42 Å². The van der Waals surface area contributed by atoms with Gasteiger partial charge in [0.2, 0.25) is 0 Å². The molecule has 0 unspecified atom stereocenters. The molecule has 0 heterocycles. The van der Waals surface area contributed by atoms with Gasteiger partial charge in [-0.2, -0.15) is 8.42 Å². The Bertz CT molecular complexity index is 1270. The van der Waals surface area contributed by atoms with Crippen molar-refractivity contribution in [2.45, 2.75) is 11.8 Å². The SMILES string of the molecule is Cc1ccccc1S(=O)(=O)Oc1cccc(Nc2ccc(Nc3ccccc3)cc2)c1. The van der Waals surface area contributed by atoms with Crippen LogP contribution >= 0.6 is 0 Å². The second kappa shape index (κ2) is 8.93. The summed E-state index contributed by atoms with van der Waals surface area (Å²) in [6.07, 6.45) is 0. The molecule has 0 radical (unpaired) electrons. The van der Waals surface area contributed by atoms with E-state index in [-0.39, 0.29) is 10.6 Å². The van der Waals surface area contributed by atoms with Crippen molar-refractivity contribution in [3.63, 3.8) is 0 Å². The van der Waals surface area contributed by atoms with Crippen LogP contribution in [0.25, 0.3) is 0 Å². The standard InChI is InChI=1S/C25H22N2O3S/c1-19-8-5-6-13-25(19)31(28,29)30-24-12-7-11-23(18-24)27-22-16-14-21(15-17-22)26-20-9-3-2-4-10-20/h2-18,26-27H,1H3. The summed E-state index contributed by atoms with van der Waals surface area (Å²) in [5, 5.41) is 6.61. The minimum absolute atomic E-state index is 0.162. The number of rotatable bonds is 7. The van der Waals surface area contributed by atoms with Crippen molar-refractivity contribution in [2.75, 3.05) is 10.6 Å². The molecule has 156 valence electrons. The normalized spacial score (nSPS) is 11.0. The fourth-order valence-corrected chi connectivity index (χ4v) is 4.28. The molecule has 0 atom stereocenters. The lowest BCUT2D eigenvalue weighted by atomic mass is 10.2. The largest absolute Gasteiger partial charge is 0.379 e. The zero-order valence-electron chi connectivity index (χ0n) is 16.9. The van der Waals surface area contributed by atoms with Crippen LogP contribution in [0.5, 0.6) is 5.75 Å². The number of hydrogen-bond acceptors (Lipinski definition) is 5. The van der Waals surface area contributed by atoms with Crippen LogP contribution in [0.4, 0.5) is 22.7 Å². The van der Waals surface area contributed by atoms with Gasteiger partial charge in [0.1, 0.15) is 10.6 Å². The number of aryl methyl sites for hydroxylation is 1. The van der Waals surface area contributed by atoms with Crippen LogP contribution in [0.2, 0.25) is 0 Å². The fourth-order valence-electron chi connectivity index (χ4n) is 3.13. The van der Waals surface area contributed by atoms with Crippen LogP contribution < -0.4 is 14.8 Å². The molecule has 6 heteroatoms. The van der Waals surface area contributed by atoms with Crippen molar-refractivity contribution < 1.29 is 12.6 Å². The summed E-state index contributed by atoms with van der Waals surface area (Å²) in [4.78, 5) is 0.162. The molecule has 0 aliphatic heterocycles. The fraction of sp³-hybridized carbons (Fsp3) is 0.0400. The zero-order chi connectivity index (χ0) is 21.7. The molecule has 0 fully saturated rings. The number of nitrogens with one attached hydrogen (secondary N) is 2. The van der Waals surface area contributed by atoms with Gasteiger partial charge in [0.05, 0.1) is 0 Å². The summed E-state index contributed by atoms with van der Waals surface area (Å²) >= 11 is 0. The number of hydrogen-bond donors (Lipinski definition) is 2. The highest BCUT2D eigenvalue weighted by Crippen LogP contribution is 2.26. The highest BCUT2D eigenvalue weighted by atomic mass is 32.2. The summed E-state index contributed by atoms with van der Waals surface area (Å²) in [6.45, 7) is 1.74. The Hall–Kier alpha value is -3.77. The maximum atomic E-state index is 12.6. The Balaban J connectivity index is 1.46. The first-order valence-corrected chi connectivity index (χ1v) is 11.2. The third-order valence-corrected chi connectivity index (χ3v) is 6.05. The Morgan fingerprint density at radius 1 is 0.613 bits per heavy atom. The average Bonchev–Trinajstić information content (AvgIpc) is 2.76. The maximum Gasteiger partial charge on any atom is 0.339 e. The molecule has 0 spiro atoms. The molecule has 31 heavy (non-hydrogen) atoms. The van der Waals surface area contributed by atoms with Crippen molar-refractivity contribution in [1.29, 1.82) is 0 Å². The Morgan fingerprint density at radius 2 is 1.16 bits per heavy atom. The minimum Gasteiger partial charge on any atom is -0.379 e. The Kier molecular flexibility index (Phi) is 5.91. The third kappa shape index (κ3) is 5.24. The van der Waals surface area contributed by atoms with Crippen LogP contribution in [0.1, 0.15) is 5.56 Å². The predicted molar refractivity (Wildman–Crippen MR) is 125 cm³/mol. The first-order valence-electron chi connectivity index (χ1n) is 9.79. The molecule has 4 aromatic carbocycles. The Labute approximate surface area is 182 Å². The van der Waals surface area contributed by atoms with Gasteiger partial charge in [0.15, 0.2) is 0 Å². The summed E-state index contributed by atoms with van der Waals surface area (Å²) in [7, 11) is -3.91. The van der Waals surface area contributed by atoms with Gasteiger partial charge in [-0.05, 0) is 67.1 Å². The van der Waals surface area contributed by atoms with E-state index in [1.54, 1.807) is 43.3 Å². The van der Waals surface area contributed by atoms with Crippen LogP contribution in [-0.4, -0.2) is 8.42 Å². The van der Waals surface area contributed by atoms with Gasteiger partial charge in [-0.1, -0.05) is 42.5 Å². The molecular weight excluding hydrogens is 408 g/mol. The van der Waals surface area contributed by atoms with Gasteiger partial charge in [-0.3, -0.25) is 0 Å². The summed E-state index contributed by atoms with van der Waals surface area (Å²) in [5.41, 5.74) is 4.22. The van der Waals surface area contributed by atoms with Crippen molar-refractivity contribution in [3.05, 3.63) is 109 Å². The molecule has 5 nitrogen and oxygen atoms in total. The van der Waals surface area contributed by atoms with Crippen molar-refractivity contribution in [3.8, 4) is 5.75 Å². The average molecular weight is 431 g/mol. The molecule has 0 bridgehead atoms. The predicted octanol–water partition coefficient (Wildman–Crippen LogP) is 6.25. The van der Waals surface area contributed by atoms with Gasteiger partial charge in [0, 0.05) is 28.8 Å². The molecule has 4 rings (SSSR count). The van der Waals surface area contributed by atoms with Gasteiger partial charge < -0.3 is 14.8 Å². The number of para-hydroxylation sites is 1. The van der Waals surface area contributed by atoms with E-state index in [0.717, 1.165) is 22.7 Å². The van der Waals surface area contributed by atoms with Gasteiger partial charge in [-0.15, -0.1) is 0 Å². The lowest BCUT2D eigenvalue weighted by Gasteiger charge is -2.12. The van der Waals surface area contributed by atoms with E-state index >= 15 is 0 Å². The third-order valence-electron chi connectivity index (χ3n) is 4.64. The molecule has 0 aliphatic carbocycles.